The lowest BCUT2D eigenvalue weighted by atomic mass is 10.0. The second-order valence-corrected chi connectivity index (χ2v) is 13.1. The summed E-state index contributed by atoms with van der Waals surface area (Å²) in [5.74, 6) is -0.0358. The van der Waals surface area contributed by atoms with Gasteiger partial charge in [0.05, 0.1) is 53.5 Å². The van der Waals surface area contributed by atoms with Crippen molar-refractivity contribution in [3.8, 4) is 0 Å². The van der Waals surface area contributed by atoms with Gasteiger partial charge >= 0.3 is 6.09 Å². The highest BCUT2D eigenvalue weighted by Gasteiger charge is 2.44. The number of alkyl carbamates (subject to hydrolysis) is 1. The van der Waals surface area contributed by atoms with Crippen LogP contribution in [-0.2, 0) is 37.7 Å². The molecule has 0 unspecified atom stereocenters. The number of imidazole rings is 1. The lowest BCUT2D eigenvalue weighted by Crippen LogP contribution is -2.51. The summed E-state index contributed by atoms with van der Waals surface area (Å²) in [7, 11) is -2.14. The van der Waals surface area contributed by atoms with Crippen molar-refractivity contribution in [3.05, 3.63) is 60.4 Å². The Bertz CT molecular complexity index is 1450. The van der Waals surface area contributed by atoms with Gasteiger partial charge in [0, 0.05) is 20.1 Å². The van der Waals surface area contributed by atoms with Gasteiger partial charge in [-0.3, -0.25) is 0 Å². The van der Waals surface area contributed by atoms with Gasteiger partial charge in [0.25, 0.3) is 0 Å². The Morgan fingerprint density at radius 2 is 1.98 bits per heavy atom. The van der Waals surface area contributed by atoms with Crippen molar-refractivity contribution in [2.75, 3.05) is 26.3 Å². The number of aliphatic hydroxyl groups excluding tert-OH is 1. The van der Waals surface area contributed by atoms with E-state index in [2.05, 4.69) is 10.3 Å². The molecule has 0 radical (unpaired) electrons. The van der Waals surface area contributed by atoms with E-state index in [0.717, 1.165) is 17.5 Å². The number of aryl methyl sites for hydroxylation is 1. The molecular formula is C29H38N4O7S. The summed E-state index contributed by atoms with van der Waals surface area (Å²) in [4.78, 5) is 17.4. The maximum absolute atomic E-state index is 13.8. The van der Waals surface area contributed by atoms with E-state index in [-0.39, 0.29) is 49.1 Å². The maximum Gasteiger partial charge on any atom is 0.407 e. The minimum Gasteiger partial charge on any atom is -0.443 e. The van der Waals surface area contributed by atoms with Gasteiger partial charge in [-0.2, -0.15) is 4.31 Å². The van der Waals surface area contributed by atoms with Gasteiger partial charge < -0.3 is 29.2 Å². The molecule has 0 bridgehead atoms. The third-order valence-corrected chi connectivity index (χ3v) is 9.43. The van der Waals surface area contributed by atoms with Crippen molar-refractivity contribution in [2.45, 2.75) is 56.1 Å². The van der Waals surface area contributed by atoms with Gasteiger partial charge in [-0.1, -0.05) is 44.2 Å². The van der Waals surface area contributed by atoms with Crippen LogP contribution in [0.5, 0.6) is 0 Å². The molecule has 0 spiro atoms. The number of aliphatic hydroxyl groups is 1. The molecule has 2 aliphatic heterocycles. The number of benzene rings is 2. The number of nitrogens with zero attached hydrogens (tertiary/aromatic N) is 3. The molecule has 2 aromatic carbocycles. The van der Waals surface area contributed by atoms with Gasteiger partial charge in [0.2, 0.25) is 10.0 Å². The van der Waals surface area contributed by atoms with Gasteiger partial charge in [0.1, 0.15) is 6.10 Å². The Kier molecular flexibility index (Phi) is 8.95. The summed E-state index contributed by atoms with van der Waals surface area (Å²) >= 11 is 0. The van der Waals surface area contributed by atoms with E-state index in [9.17, 15) is 18.3 Å². The topological polar surface area (TPSA) is 132 Å². The van der Waals surface area contributed by atoms with Crippen molar-refractivity contribution in [1.29, 1.82) is 0 Å². The number of carbonyl (C=O) groups is 1. The first-order valence-electron chi connectivity index (χ1n) is 14.0. The Balaban J connectivity index is 1.35. The molecule has 0 aliphatic carbocycles. The average molecular weight is 587 g/mol. The zero-order valence-corrected chi connectivity index (χ0v) is 24.4. The third-order valence-electron chi connectivity index (χ3n) is 7.60. The number of ether oxygens (including phenoxy) is 3. The number of carbonyl (C=O) groups excluding carboxylic acids is 1. The lowest BCUT2D eigenvalue weighted by molar-refractivity contribution is -0.0907. The fourth-order valence-corrected chi connectivity index (χ4v) is 7.10. The maximum atomic E-state index is 13.8. The molecule has 2 fully saturated rings. The van der Waals surface area contributed by atoms with E-state index in [1.54, 1.807) is 24.5 Å². The van der Waals surface area contributed by atoms with E-state index in [1.807, 2.05) is 55.8 Å². The Morgan fingerprint density at radius 3 is 2.73 bits per heavy atom. The smallest absolute Gasteiger partial charge is 0.407 e. The Hall–Kier alpha value is -3.03. The summed E-state index contributed by atoms with van der Waals surface area (Å²) in [6.45, 7) is 4.60. The molecule has 1 aromatic heterocycles. The SMILES string of the molecule is CC(C)CN(C[C@@H](O)[C@H](Cc1ccccc1)NC(=O)O[C@H]1CO[C@H]2OCC[C@H]21)S(=O)(=O)c1ccc2c(c1)ncn2C. The number of hydrogen-bond donors (Lipinski definition) is 2. The number of nitrogens with one attached hydrogen (secondary N) is 1. The van der Waals surface area contributed by atoms with Crippen LogP contribution in [-0.4, -0.2) is 84.3 Å². The highest BCUT2D eigenvalue weighted by Crippen LogP contribution is 2.33. The zero-order chi connectivity index (χ0) is 29.1. The van der Waals surface area contributed by atoms with Crippen LogP contribution in [0.15, 0.2) is 59.8 Å². The van der Waals surface area contributed by atoms with E-state index >= 15 is 0 Å². The van der Waals surface area contributed by atoms with Gasteiger partial charge in [-0.05, 0) is 42.5 Å². The van der Waals surface area contributed by atoms with Crippen molar-refractivity contribution in [3.63, 3.8) is 0 Å². The van der Waals surface area contributed by atoms with Crippen LogP contribution in [0.3, 0.4) is 0 Å². The number of rotatable bonds is 11. The van der Waals surface area contributed by atoms with Crippen LogP contribution in [0.2, 0.25) is 0 Å². The minimum atomic E-state index is -3.99. The number of sulfonamides is 1. The molecule has 222 valence electrons. The third kappa shape index (κ3) is 6.73. The van der Waals surface area contributed by atoms with Gasteiger partial charge in [-0.15, -0.1) is 0 Å². The molecule has 0 saturated carbocycles. The second kappa shape index (κ2) is 12.5. The Labute approximate surface area is 240 Å². The fourth-order valence-electron chi connectivity index (χ4n) is 5.46. The van der Waals surface area contributed by atoms with Crippen molar-refractivity contribution >= 4 is 27.1 Å². The molecule has 3 heterocycles. The van der Waals surface area contributed by atoms with Crippen LogP contribution in [0.1, 0.15) is 25.8 Å². The molecule has 5 rings (SSSR count). The van der Waals surface area contributed by atoms with E-state index in [0.29, 0.717) is 12.1 Å². The van der Waals surface area contributed by atoms with Crippen molar-refractivity contribution in [2.24, 2.45) is 18.9 Å². The highest BCUT2D eigenvalue weighted by atomic mass is 32.2. The van der Waals surface area contributed by atoms with Crippen LogP contribution < -0.4 is 5.32 Å². The largest absolute Gasteiger partial charge is 0.443 e. The number of hydrogen-bond acceptors (Lipinski definition) is 8. The quantitative estimate of drug-likeness (QED) is 0.351. The average Bonchev–Trinajstić information content (AvgIpc) is 3.66. The second-order valence-electron chi connectivity index (χ2n) is 11.2. The Morgan fingerprint density at radius 1 is 1.20 bits per heavy atom. The predicted molar refractivity (Wildman–Crippen MR) is 151 cm³/mol. The molecule has 5 atom stereocenters. The van der Waals surface area contributed by atoms with E-state index in [4.69, 9.17) is 14.2 Å². The monoisotopic (exact) mass is 586 g/mol. The van der Waals surface area contributed by atoms with E-state index < -0.39 is 34.4 Å². The van der Waals surface area contributed by atoms with Crippen LogP contribution in [0.4, 0.5) is 4.79 Å². The first-order chi connectivity index (χ1) is 19.6. The number of amides is 1. The zero-order valence-electron chi connectivity index (χ0n) is 23.5. The normalized spacial score (nSPS) is 22.2. The van der Waals surface area contributed by atoms with Crippen LogP contribution in [0.25, 0.3) is 11.0 Å². The number of fused-ring (bicyclic) bond motifs is 2. The van der Waals surface area contributed by atoms with Crippen molar-refractivity contribution < 1.29 is 32.5 Å². The first-order valence-corrected chi connectivity index (χ1v) is 15.4. The molecule has 11 nitrogen and oxygen atoms in total. The molecule has 2 aliphatic rings. The van der Waals surface area contributed by atoms with Crippen molar-refractivity contribution in [1.82, 2.24) is 19.2 Å². The highest BCUT2D eigenvalue weighted by molar-refractivity contribution is 7.89. The number of aromatic nitrogens is 2. The standard InChI is InChI=1S/C29H38N4O7S/c1-19(2)15-33(41(36,37)21-9-10-25-23(14-21)30-18-32(25)3)16-26(34)24(13-20-7-5-4-6-8-20)31-29(35)40-27-17-39-28-22(27)11-12-38-28/h4-10,14,18-19,22,24,26-28,34H,11-13,15-17H2,1-3H3,(H,31,35)/t22-,24-,26+,27-,28+/m0/s1. The molecule has 2 saturated heterocycles. The fraction of sp³-hybridized carbons (Fsp3) is 0.517. The summed E-state index contributed by atoms with van der Waals surface area (Å²) in [6.07, 6.45) is -0.0709. The van der Waals surface area contributed by atoms with Gasteiger partial charge in [-0.25, -0.2) is 18.2 Å². The molecular weight excluding hydrogens is 548 g/mol. The molecule has 2 N–H and O–H groups in total. The predicted octanol–water partition coefficient (Wildman–Crippen LogP) is 2.68. The molecule has 1 amide bonds. The van der Waals surface area contributed by atoms with E-state index in [1.165, 1.54) is 4.31 Å². The summed E-state index contributed by atoms with van der Waals surface area (Å²) < 4.78 is 47.5. The molecule has 41 heavy (non-hydrogen) atoms. The van der Waals surface area contributed by atoms with Crippen LogP contribution >= 0.6 is 0 Å². The van der Waals surface area contributed by atoms with Crippen LogP contribution in [0, 0.1) is 11.8 Å². The first kappa shape index (κ1) is 29.5. The summed E-state index contributed by atoms with van der Waals surface area (Å²) in [5.41, 5.74) is 2.26. The lowest BCUT2D eigenvalue weighted by Gasteiger charge is -2.31. The summed E-state index contributed by atoms with van der Waals surface area (Å²) in [6, 6.07) is 13.4. The molecule has 3 aromatic rings. The minimum absolute atomic E-state index is 0.00926. The summed E-state index contributed by atoms with van der Waals surface area (Å²) in [5, 5.41) is 14.3. The van der Waals surface area contributed by atoms with Gasteiger partial charge in [0.15, 0.2) is 6.29 Å². The molecule has 12 heteroatoms.